The van der Waals surface area contributed by atoms with Gasteiger partial charge in [-0.1, -0.05) is 25.1 Å². The Morgan fingerprint density at radius 1 is 1.15 bits per heavy atom. The van der Waals surface area contributed by atoms with E-state index in [1.54, 1.807) is 12.1 Å². The Bertz CT molecular complexity index is 1130. The second-order valence-corrected chi connectivity index (χ2v) is 9.85. The van der Waals surface area contributed by atoms with Crippen LogP contribution in [0.3, 0.4) is 0 Å². The third-order valence-corrected chi connectivity index (χ3v) is 6.71. The van der Waals surface area contributed by atoms with Crippen LogP contribution in [-0.2, 0) is 9.59 Å². The molecule has 3 amide bonds. The van der Waals surface area contributed by atoms with E-state index in [0.717, 1.165) is 37.8 Å². The van der Waals surface area contributed by atoms with Gasteiger partial charge in [-0.3, -0.25) is 19.3 Å². The molecule has 0 aromatic heterocycles. The molecule has 0 aliphatic carbocycles. The Kier molecular flexibility index (Phi) is 9.01. The molecule has 1 aliphatic rings. The Morgan fingerprint density at radius 3 is 2.50 bits per heavy atom. The molecule has 2 aromatic rings. The van der Waals surface area contributed by atoms with Crippen molar-refractivity contribution < 1.29 is 23.9 Å². The van der Waals surface area contributed by atoms with Crippen molar-refractivity contribution in [2.75, 3.05) is 25.1 Å². The number of hydrogen-bond acceptors (Lipinski definition) is 6. The zero-order valence-electron chi connectivity index (χ0n) is 19.6. The van der Waals surface area contributed by atoms with Gasteiger partial charge in [0.25, 0.3) is 11.1 Å². The molecule has 0 radical (unpaired) electrons. The van der Waals surface area contributed by atoms with E-state index in [0.29, 0.717) is 36.0 Å². The lowest BCUT2D eigenvalue weighted by atomic mass is 10.1. The molecule has 0 saturated carbocycles. The summed E-state index contributed by atoms with van der Waals surface area (Å²) in [7, 11) is 0. The van der Waals surface area contributed by atoms with Crippen LogP contribution in [0.1, 0.15) is 37.0 Å². The summed E-state index contributed by atoms with van der Waals surface area (Å²) in [6, 6.07) is 9.35. The number of benzene rings is 2. The molecule has 1 saturated heterocycles. The number of nitrogens with one attached hydrogen (secondary N) is 1. The summed E-state index contributed by atoms with van der Waals surface area (Å²) in [6.07, 6.45) is 2.51. The number of carbonyl (C=O) groups excluding carboxylic acids is 3. The van der Waals surface area contributed by atoms with E-state index < -0.39 is 17.1 Å². The van der Waals surface area contributed by atoms with Gasteiger partial charge in [-0.15, -0.1) is 0 Å². The molecule has 0 spiro atoms. The molecule has 1 fully saturated rings. The smallest absolute Gasteiger partial charge is 0.294 e. The summed E-state index contributed by atoms with van der Waals surface area (Å²) in [4.78, 5) is 39.3. The summed E-state index contributed by atoms with van der Waals surface area (Å²) in [5.41, 5.74) is 3.22. The Hall–Kier alpha value is -2.53. The van der Waals surface area contributed by atoms with Crippen molar-refractivity contribution >= 4 is 63.2 Å². The summed E-state index contributed by atoms with van der Waals surface area (Å²) >= 11 is 2.98. The predicted molar refractivity (Wildman–Crippen MR) is 143 cm³/mol. The van der Waals surface area contributed by atoms with Crippen molar-refractivity contribution in [3.8, 4) is 11.5 Å². The first-order chi connectivity index (χ1) is 16.2. The number of carbonyl (C=O) groups is 3. The number of imide groups is 1. The Morgan fingerprint density at radius 2 is 1.85 bits per heavy atom. The van der Waals surface area contributed by atoms with Crippen LogP contribution in [0.4, 0.5) is 10.5 Å². The third-order valence-electron chi connectivity index (χ3n) is 5.00. The minimum atomic E-state index is -0.495. The summed E-state index contributed by atoms with van der Waals surface area (Å²) < 4.78 is 12.4. The molecule has 7 nitrogen and oxygen atoms in total. The number of hydrogen-bond donors (Lipinski definition) is 1. The zero-order valence-corrected chi connectivity index (χ0v) is 22.5. The molecule has 0 bridgehead atoms. The summed E-state index contributed by atoms with van der Waals surface area (Å²) in [5, 5.41) is 2.34. The number of rotatable bonds is 9. The molecule has 1 aliphatic heterocycles. The monoisotopic (exact) mass is 594 g/mol. The maximum atomic E-state index is 12.9. The predicted octanol–water partition coefficient (Wildman–Crippen LogP) is 5.77. The van der Waals surface area contributed by atoms with Crippen LogP contribution >= 0.6 is 34.4 Å². The number of amides is 3. The van der Waals surface area contributed by atoms with E-state index in [-0.39, 0.29) is 11.4 Å². The van der Waals surface area contributed by atoms with Crippen LogP contribution < -0.4 is 14.8 Å². The van der Waals surface area contributed by atoms with Crippen LogP contribution in [0.25, 0.3) is 6.08 Å². The van der Waals surface area contributed by atoms with Crippen LogP contribution in [0, 0.1) is 17.4 Å². The molecule has 2 aromatic carbocycles. The van der Waals surface area contributed by atoms with E-state index in [1.165, 1.54) is 0 Å². The van der Waals surface area contributed by atoms with Gasteiger partial charge in [0.1, 0.15) is 6.54 Å². The number of anilines is 1. The van der Waals surface area contributed by atoms with E-state index >= 15 is 0 Å². The number of halogens is 1. The van der Waals surface area contributed by atoms with Crippen LogP contribution in [0.15, 0.2) is 35.2 Å². The number of thioether (sulfide) groups is 1. The topological polar surface area (TPSA) is 84.9 Å². The van der Waals surface area contributed by atoms with Gasteiger partial charge >= 0.3 is 0 Å². The van der Waals surface area contributed by atoms with E-state index in [2.05, 4.69) is 27.9 Å². The van der Waals surface area contributed by atoms with Crippen LogP contribution in [-0.4, -0.2) is 41.7 Å². The third kappa shape index (κ3) is 6.12. The molecule has 3 rings (SSSR count). The lowest BCUT2D eigenvalue weighted by molar-refractivity contribution is -0.127. The first-order valence-corrected chi connectivity index (χ1v) is 12.8. The lowest BCUT2D eigenvalue weighted by Crippen LogP contribution is -2.36. The maximum Gasteiger partial charge on any atom is 0.294 e. The fourth-order valence-electron chi connectivity index (χ4n) is 3.40. The normalized spacial score (nSPS) is 14.6. The molecule has 0 unspecified atom stereocenters. The maximum absolute atomic E-state index is 12.9. The first-order valence-electron chi connectivity index (χ1n) is 11.0. The van der Waals surface area contributed by atoms with Gasteiger partial charge in [-0.2, -0.15) is 0 Å². The highest BCUT2D eigenvalue weighted by Crippen LogP contribution is 2.37. The fraction of sp³-hybridized carbons (Fsp3) is 0.320. The van der Waals surface area contributed by atoms with E-state index in [1.807, 2.05) is 52.0 Å². The number of para-hydroxylation sites is 1. The molecule has 1 heterocycles. The lowest BCUT2D eigenvalue weighted by Gasteiger charge is -2.15. The standard InChI is InChI=1S/C25H27IN2O5S/c1-5-10-33-23-18(26)11-17(12-19(23)32-6-2)13-20-24(30)28(25(31)34-20)14-21(29)27-22-15(3)8-7-9-16(22)4/h7-9,11-13H,5-6,10,14H2,1-4H3,(H,27,29)/b20-13-. The highest BCUT2D eigenvalue weighted by atomic mass is 127. The Labute approximate surface area is 217 Å². The SMILES string of the molecule is CCCOc1c(I)cc(/C=C2\SC(=O)N(CC(=O)Nc3c(C)cccc3C)C2=O)cc1OCC. The van der Waals surface area contributed by atoms with Gasteiger partial charge < -0.3 is 14.8 Å². The zero-order chi connectivity index (χ0) is 24.8. The van der Waals surface area contributed by atoms with Gasteiger partial charge in [0.15, 0.2) is 11.5 Å². The average molecular weight is 594 g/mol. The minimum Gasteiger partial charge on any atom is -0.490 e. The molecule has 34 heavy (non-hydrogen) atoms. The van der Waals surface area contributed by atoms with Crippen molar-refractivity contribution in [2.24, 2.45) is 0 Å². The second-order valence-electron chi connectivity index (χ2n) is 7.69. The Balaban J connectivity index is 1.78. The molecule has 1 N–H and O–H groups in total. The van der Waals surface area contributed by atoms with Gasteiger partial charge in [0, 0.05) is 5.69 Å². The second kappa shape index (κ2) is 11.7. The minimum absolute atomic E-state index is 0.255. The fourth-order valence-corrected chi connectivity index (χ4v) is 5.02. The summed E-state index contributed by atoms with van der Waals surface area (Å²) in [5.74, 6) is 0.330. The van der Waals surface area contributed by atoms with Crippen molar-refractivity contribution in [3.05, 3.63) is 55.5 Å². The largest absolute Gasteiger partial charge is 0.490 e. The highest BCUT2D eigenvalue weighted by molar-refractivity contribution is 14.1. The van der Waals surface area contributed by atoms with Gasteiger partial charge in [0.2, 0.25) is 5.91 Å². The number of nitrogens with zero attached hydrogens (tertiary/aromatic N) is 1. The van der Waals surface area contributed by atoms with E-state index in [9.17, 15) is 14.4 Å². The number of aryl methyl sites for hydroxylation is 2. The van der Waals surface area contributed by atoms with Crippen molar-refractivity contribution in [1.82, 2.24) is 4.90 Å². The van der Waals surface area contributed by atoms with Crippen molar-refractivity contribution in [1.29, 1.82) is 0 Å². The molecule has 0 atom stereocenters. The van der Waals surface area contributed by atoms with Crippen molar-refractivity contribution in [3.63, 3.8) is 0 Å². The van der Waals surface area contributed by atoms with Crippen LogP contribution in [0.2, 0.25) is 0 Å². The van der Waals surface area contributed by atoms with E-state index in [4.69, 9.17) is 9.47 Å². The van der Waals surface area contributed by atoms with Gasteiger partial charge in [0.05, 0.1) is 21.7 Å². The molecular formula is C25H27IN2O5S. The average Bonchev–Trinajstić information content (AvgIpc) is 3.03. The quantitative estimate of drug-likeness (QED) is 0.293. The first kappa shape index (κ1) is 26.1. The molecule has 180 valence electrons. The summed E-state index contributed by atoms with van der Waals surface area (Å²) in [6.45, 7) is 8.38. The van der Waals surface area contributed by atoms with Gasteiger partial charge in [-0.05, 0) is 96.4 Å². The van der Waals surface area contributed by atoms with Crippen molar-refractivity contribution in [2.45, 2.75) is 34.1 Å². The van der Waals surface area contributed by atoms with Gasteiger partial charge in [-0.25, -0.2) is 0 Å². The highest BCUT2D eigenvalue weighted by Gasteiger charge is 2.36. The number of ether oxygens (including phenoxy) is 2. The molecular weight excluding hydrogens is 567 g/mol. The molecule has 9 heteroatoms. The van der Waals surface area contributed by atoms with Crippen LogP contribution in [0.5, 0.6) is 11.5 Å².